The minimum Gasteiger partial charge on any atom is -0.444 e. The van der Waals surface area contributed by atoms with Gasteiger partial charge in [-0.3, -0.25) is 28.9 Å². The number of nitrogens with zero attached hydrogens (tertiary/aromatic N) is 6. The summed E-state index contributed by atoms with van der Waals surface area (Å²) in [5, 5.41) is 17.6. The first-order valence-corrected chi connectivity index (χ1v) is 28.6. The highest BCUT2D eigenvalue weighted by molar-refractivity contribution is 5.94. The molecule has 0 radical (unpaired) electrons. The Bertz CT molecular complexity index is 3660. The van der Waals surface area contributed by atoms with Gasteiger partial charge in [-0.25, -0.2) is 4.79 Å². The largest absolute Gasteiger partial charge is 0.444 e. The van der Waals surface area contributed by atoms with E-state index in [2.05, 4.69) is 36.1 Å². The lowest BCUT2D eigenvalue weighted by atomic mass is 9.95. The number of pyridine rings is 2. The maximum atomic E-state index is 13.6. The molecule has 0 bridgehead atoms. The molecule has 0 unspecified atom stereocenters. The number of rotatable bonds is 15. The first kappa shape index (κ1) is 62.8. The van der Waals surface area contributed by atoms with Crippen LogP contribution < -0.4 is 21.7 Å². The molecule has 2 atom stereocenters. The smallest absolute Gasteiger partial charge is 0.416 e. The van der Waals surface area contributed by atoms with Crippen molar-refractivity contribution in [3.05, 3.63) is 191 Å². The van der Waals surface area contributed by atoms with Gasteiger partial charge in [0, 0.05) is 75.4 Å². The molecule has 4 aromatic carbocycles. The van der Waals surface area contributed by atoms with E-state index in [9.17, 15) is 40.7 Å². The SMILES string of the molecule is C[C@@H](NC(=O)c1cc(-c2cnn(C3CCOCC3)c2)ccn1)c1ccc(-c2cc(C(F)(F)F)ccc2CN)cc1.C[C@@H](NC(=O)c1cc(-c2cnn(C3CCOCC3)c2)ccn1)c1ccc(-c2cc(C(F)(F)F)ccc2CNC(=O)OC(C)(C)C)cc1. The van der Waals surface area contributed by atoms with Gasteiger partial charge in [0.25, 0.3) is 11.8 Å². The van der Waals surface area contributed by atoms with E-state index in [0.29, 0.717) is 52.6 Å². The standard InChI is InChI=1S/C35H38F3N5O4.C30H30F3N5O2/c1-22(42-32(44)31-17-25(11-14-39-31)27-20-41-43(21-27)29-12-15-46-16-13-29)23-5-7-24(8-6-23)30-18-28(35(36,37)38)10-9-26(30)19-40-33(45)47-34(2,3)4;1-19(20-2-4-21(5-3-20)27-15-25(30(31,32)33)7-6-23(27)16-34)37-29(39)28-14-22(8-11-35-28)24-17-36-38(18-24)26-9-12-40-13-10-26/h5-11,14,17-18,20-22,29H,12-13,15-16,19H2,1-4H3,(H,40,45)(H,42,44);2-8,11,14-15,17-19,26H,9-10,12-13,16,34H2,1H3,(H,37,39)/t22-;19-/m11/s1. The number of hydrogen-bond donors (Lipinski definition) is 4. The summed E-state index contributed by atoms with van der Waals surface area (Å²) in [5.74, 6) is -0.702. The predicted octanol–water partition coefficient (Wildman–Crippen LogP) is 13.4. The monoisotopic (exact) mass is 1200 g/mol. The summed E-state index contributed by atoms with van der Waals surface area (Å²) in [7, 11) is 0. The Labute approximate surface area is 499 Å². The van der Waals surface area contributed by atoms with Gasteiger partial charge in [-0.2, -0.15) is 36.5 Å². The van der Waals surface area contributed by atoms with Crippen molar-refractivity contribution in [3.63, 3.8) is 0 Å². The first-order chi connectivity index (χ1) is 41.5. The van der Waals surface area contributed by atoms with Gasteiger partial charge in [-0.1, -0.05) is 60.7 Å². The molecule has 2 fully saturated rings. The van der Waals surface area contributed by atoms with Crippen molar-refractivity contribution in [2.45, 2.75) is 116 Å². The number of alkyl halides is 6. The second kappa shape index (κ2) is 27.3. The van der Waals surface area contributed by atoms with Crippen molar-refractivity contribution in [1.82, 2.24) is 45.5 Å². The van der Waals surface area contributed by atoms with Crippen molar-refractivity contribution in [2.24, 2.45) is 5.73 Å². The van der Waals surface area contributed by atoms with Crippen LogP contribution in [0.3, 0.4) is 0 Å². The Morgan fingerprint density at radius 3 is 1.39 bits per heavy atom. The molecule has 8 aromatic rings. The zero-order chi connectivity index (χ0) is 62.0. The van der Waals surface area contributed by atoms with Crippen LogP contribution in [0.1, 0.15) is 139 Å². The summed E-state index contributed by atoms with van der Waals surface area (Å²) in [5.41, 5.74) is 12.0. The molecule has 10 rings (SSSR count). The minimum atomic E-state index is -4.54. The topological polar surface area (TPSA) is 202 Å². The lowest BCUT2D eigenvalue weighted by molar-refractivity contribution is -0.138. The van der Waals surface area contributed by atoms with E-state index in [1.165, 1.54) is 12.1 Å². The van der Waals surface area contributed by atoms with Crippen LogP contribution in [-0.4, -0.2) is 79.5 Å². The molecule has 5 N–H and O–H groups in total. The summed E-state index contributed by atoms with van der Waals surface area (Å²) in [6, 6.07) is 27.8. The van der Waals surface area contributed by atoms with Crippen LogP contribution in [0.15, 0.2) is 146 Å². The number of carbonyl (C=O) groups excluding carboxylic acids is 3. The first-order valence-electron chi connectivity index (χ1n) is 28.6. The second-order valence-corrected chi connectivity index (χ2v) is 22.4. The fourth-order valence-electron chi connectivity index (χ4n) is 10.2. The molecule has 0 saturated carbocycles. The van der Waals surface area contributed by atoms with Crippen molar-refractivity contribution < 1.29 is 54.9 Å². The predicted molar refractivity (Wildman–Crippen MR) is 316 cm³/mol. The zero-order valence-electron chi connectivity index (χ0n) is 48.7. The number of nitrogens with one attached hydrogen (secondary N) is 3. The molecule has 87 heavy (non-hydrogen) atoms. The highest BCUT2D eigenvalue weighted by Crippen LogP contribution is 2.37. The van der Waals surface area contributed by atoms with Crippen LogP contribution in [0, 0.1) is 0 Å². The van der Waals surface area contributed by atoms with Crippen LogP contribution in [0.25, 0.3) is 44.5 Å². The van der Waals surface area contributed by atoms with E-state index in [1.807, 2.05) is 47.7 Å². The van der Waals surface area contributed by atoms with E-state index in [-0.39, 0.29) is 48.4 Å². The zero-order valence-corrected chi connectivity index (χ0v) is 48.7. The number of aromatic nitrogens is 6. The van der Waals surface area contributed by atoms with Crippen molar-refractivity contribution in [3.8, 4) is 44.5 Å². The highest BCUT2D eigenvalue weighted by Gasteiger charge is 2.33. The van der Waals surface area contributed by atoms with Crippen molar-refractivity contribution in [2.75, 3.05) is 26.4 Å². The summed E-state index contributed by atoms with van der Waals surface area (Å²) < 4.78 is 101. The normalized spacial score (nSPS) is 14.9. The molecular weight excluding hydrogens is 1130 g/mol. The number of carbonyl (C=O) groups is 3. The fraction of sp³-hybridized carbons (Fsp3) is 0.338. The average molecular weight is 1200 g/mol. The Morgan fingerprint density at radius 1 is 0.575 bits per heavy atom. The van der Waals surface area contributed by atoms with Crippen LogP contribution in [-0.2, 0) is 39.7 Å². The number of hydrogen-bond acceptors (Lipinski definition) is 11. The second-order valence-electron chi connectivity index (χ2n) is 22.4. The van der Waals surface area contributed by atoms with Crippen LogP contribution in [0.5, 0.6) is 0 Å². The fourth-order valence-corrected chi connectivity index (χ4v) is 10.2. The lowest BCUT2D eigenvalue weighted by Gasteiger charge is -2.22. The van der Waals surface area contributed by atoms with Crippen LogP contribution in [0.4, 0.5) is 31.1 Å². The average Bonchev–Trinajstić information content (AvgIpc) is 2.20. The third kappa shape index (κ3) is 16.4. The Morgan fingerprint density at radius 2 is 0.989 bits per heavy atom. The molecule has 4 aromatic heterocycles. The summed E-state index contributed by atoms with van der Waals surface area (Å²) in [4.78, 5) is 46.9. The molecule has 456 valence electrons. The Balaban J connectivity index is 0.000000210. The summed E-state index contributed by atoms with van der Waals surface area (Å²) in [6.07, 6.45) is 4.67. The molecule has 2 aliphatic rings. The van der Waals surface area contributed by atoms with Gasteiger partial charge in [0.05, 0.1) is 47.7 Å². The van der Waals surface area contributed by atoms with Gasteiger partial charge >= 0.3 is 18.4 Å². The maximum Gasteiger partial charge on any atom is 0.416 e. The number of ether oxygens (including phenoxy) is 3. The molecule has 3 amide bonds. The van der Waals surface area contributed by atoms with Gasteiger partial charge in [-0.15, -0.1) is 0 Å². The number of alkyl carbamates (subject to hydrolysis) is 1. The molecular formula is C65H68F6N10O6. The third-order valence-electron chi connectivity index (χ3n) is 15.0. The number of benzene rings is 4. The van der Waals surface area contributed by atoms with Crippen LogP contribution in [0.2, 0.25) is 0 Å². The highest BCUT2D eigenvalue weighted by atomic mass is 19.4. The van der Waals surface area contributed by atoms with Crippen molar-refractivity contribution >= 4 is 17.9 Å². The molecule has 16 nitrogen and oxygen atoms in total. The Hall–Kier alpha value is -8.73. The number of halogens is 6. The van der Waals surface area contributed by atoms with E-state index >= 15 is 0 Å². The Kier molecular flexibility index (Phi) is 19.7. The van der Waals surface area contributed by atoms with Gasteiger partial charge in [-0.05, 0) is 164 Å². The molecule has 0 spiro atoms. The van der Waals surface area contributed by atoms with Crippen molar-refractivity contribution in [1.29, 1.82) is 0 Å². The molecule has 22 heteroatoms. The van der Waals surface area contributed by atoms with Crippen LogP contribution >= 0.6 is 0 Å². The summed E-state index contributed by atoms with van der Waals surface area (Å²) in [6.45, 7) is 11.8. The molecule has 0 aliphatic carbocycles. The van der Waals surface area contributed by atoms with E-state index in [1.54, 1.807) is 106 Å². The summed E-state index contributed by atoms with van der Waals surface area (Å²) >= 11 is 0. The van der Waals surface area contributed by atoms with Gasteiger partial charge in [0.1, 0.15) is 17.0 Å². The number of amides is 3. The van der Waals surface area contributed by atoms with E-state index in [4.69, 9.17) is 19.9 Å². The van der Waals surface area contributed by atoms with E-state index in [0.717, 1.165) is 96.5 Å². The lowest BCUT2D eigenvalue weighted by Crippen LogP contribution is -2.32. The molecule has 2 saturated heterocycles. The van der Waals surface area contributed by atoms with E-state index < -0.39 is 41.2 Å². The van der Waals surface area contributed by atoms with Gasteiger partial charge < -0.3 is 35.9 Å². The minimum absolute atomic E-state index is 0.0288. The van der Waals surface area contributed by atoms with Gasteiger partial charge in [0.15, 0.2) is 0 Å². The quantitative estimate of drug-likeness (QED) is 0.0711. The number of nitrogens with two attached hydrogens (primary N) is 1. The van der Waals surface area contributed by atoms with Gasteiger partial charge in [0.2, 0.25) is 0 Å². The molecule has 2 aliphatic heterocycles. The maximum absolute atomic E-state index is 13.6. The molecule has 6 heterocycles. The third-order valence-corrected chi connectivity index (χ3v) is 15.0.